The van der Waals surface area contributed by atoms with E-state index in [0.717, 1.165) is 33.2 Å². The van der Waals surface area contributed by atoms with Gasteiger partial charge in [-0.2, -0.15) is 17.4 Å². The first-order chi connectivity index (χ1) is 17.7. The van der Waals surface area contributed by atoms with Gasteiger partial charge in [-0.25, -0.2) is 0 Å². The normalized spacial score (nSPS) is 16.5. The molecule has 3 aromatic carbocycles. The van der Waals surface area contributed by atoms with Crippen molar-refractivity contribution in [1.82, 2.24) is 9.03 Å². The van der Waals surface area contributed by atoms with Gasteiger partial charge in [0.25, 0.3) is 10.2 Å². The largest absolute Gasteiger partial charge is 0.497 e. The fourth-order valence-corrected chi connectivity index (χ4v) is 5.84. The zero-order chi connectivity index (χ0) is 26.6. The van der Waals surface area contributed by atoms with Gasteiger partial charge in [0.05, 0.1) is 12.7 Å². The third-order valence-electron chi connectivity index (χ3n) is 6.77. The highest BCUT2D eigenvalue weighted by Crippen LogP contribution is 2.37. The molecule has 1 saturated heterocycles. The minimum absolute atomic E-state index is 0.213. The molecule has 1 atom stereocenters. The first kappa shape index (κ1) is 26.6. The smallest absolute Gasteiger partial charge is 0.321 e. The lowest BCUT2D eigenvalue weighted by Gasteiger charge is -2.40. The monoisotopic (exact) mass is 522 g/mol. The lowest BCUT2D eigenvalue weighted by atomic mass is 9.84. The standard InChI is InChI=1S/C28H30N2O6S/c1-20(27(31)32)29-37(33,34)30-16-14-28(36-3,15-17-30)25-11-7-21(8-12-25)4-5-22-6-9-24-19-26(35-2)13-10-23(24)18-22/h6-13,18-20,29H,14-17H2,1-3H3,(H,31,32). The van der Waals surface area contributed by atoms with E-state index in [4.69, 9.17) is 14.6 Å². The fourth-order valence-electron chi connectivity index (χ4n) is 4.48. The van der Waals surface area contributed by atoms with E-state index in [1.54, 1.807) is 14.2 Å². The number of fused-ring (bicyclic) bond motifs is 1. The number of hydrogen-bond acceptors (Lipinski definition) is 5. The highest BCUT2D eigenvalue weighted by atomic mass is 32.2. The lowest BCUT2D eigenvalue weighted by molar-refractivity contribution is -0.138. The molecule has 0 aliphatic carbocycles. The maximum atomic E-state index is 12.6. The van der Waals surface area contributed by atoms with Gasteiger partial charge < -0.3 is 14.6 Å². The maximum Gasteiger partial charge on any atom is 0.321 e. The zero-order valence-electron chi connectivity index (χ0n) is 21.0. The van der Waals surface area contributed by atoms with E-state index in [1.807, 2.05) is 60.7 Å². The molecule has 0 spiro atoms. The molecule has 0 radical (unpaired) electrons. The van der Waals surface area contributed by atoms with Crippen molar-refractivity contribution in [3.05, 3.63) is 77.4 Å². The van der Waals surface area contributed by atoms with Crippen LogP contribution in [-0.2, 0) is 25.3 Å². The molecular weight excluding hydrogens is 492 g/mol. The second-order valence-corrected chi connectivity index (χ2v) is 10.7. The molecule has 0 saturated carbocycles. The van der Waals surface area contributed by atoms with Crippen molar-refractivity contribution in [2.75, 3.05) is 27.3 Å². The Labute approximate surface area is 217 Å². The van der Waals surface area contributed by atoms with Gasteiger partial charge in [0.15, 0.2) is 0 Å². The number of carboxylic acid groups (broad SMARTS) is 1. The van der Waals surface area contributed by atoms with E-state index in [1.165, 1.54) is 11.2 Å². The van der Waals surface area contributed by atoms with Crippen molar-refractivity contribution >= 4 is 27.0 Å². The van der Waals surface area contributed by atoms with Gasteiger partial charge in [0.1, 0.15) is 11.8 Å². The van der Waals surface area contributed by atoms with Crippen LogP contribution in [0.15, 0.2) is 60.7 Å². The zero-order valence-corrected chi connectivity index (χ0v) is 21.8. The Morgan fingerprint density at radius 1 is 0.973 bits per heavy atom. The molecule has 0 bridgehead atoms. The van der Waals surface area contributed by atoms with Gasteiger partial charge >= 0.3 is 5.97 Å². The third kappa shape index (κ3) is 5.95. The van der Waals surface area contributed by atoms with Crippen LogP contribution < -0.4 is 9.46 Å². The van der Waals surface area contributed by atoms with Gasteiger partial charge in [-0.05, 0) is 72.5 Å². The number of nitrogens with zero attached hydrogens (tertiary/aromatic N) is 1. The number of methoxy groups -OCH3 is 2. The molecule has 1 fully saturated rings. The van der Waals surface area contributed by atoms with Crippen molar-refractivity contribution in [3.63, 3.8) is 0 Å². The van der Waals surface area contributed by atoms with Gasteiger partial charge in [-0.1, -0.05) is 36.1 Å². The summed E-state index contributed by atoms with van der Waals surface area (Å²) >= 11 is 0. The summed E-state index contributed by atoms with van der Waals surface area (Å²) in [6.45, 7) is 1.72. The van der Waals surface area contributed by atoms with Crippen LogP contribution in [0.1, 0.15) is 36.5 Å². The van der Waals surface area contributed by atoms with Crippen LogP contribution in [0.5, 0.6) is 5.75 Å². The summed E-state index contributed by atoms with van der Waals surface area (Å²) in [6, 6.07) is 18.6. The number of carboxylic acids is 1. The van der Waals surface area contributed by atoms with Gasteiger partial charge in [0, 0.05) is 31.3 Å². The van der Waals surface area contributed by atoms with Crippen LogP contribution in [0.25, 0.3) is 10.8 Å². The topological polar surface area (TPSA) is 105 Å². The first-order valence-corrected chi connectivity index (χ1v) is 13.4. The summed E-state index contributed by atoms with van der Waals surface area (Å²) in [5, 5.41) is 11.2. The Balaban J connectivity index is 1.45. The number of aliphatic carboxylic acids is 1. The summed E-state index contributed by atoms with van der Waals surface area (Å²) in [5.74, 6) is 6.01. The summed E-state index contributed by atoms with van der Waals surface area (Å²) in [4.78, 5) is 11.0. The second-order valence-electron chi connectivity index (χ2n) is 9.04. The van der Waals surface area contributed by atoms with Crippen LogP contribution in [0.2, 0.25) is 0 Å². The Morgan fingerprint density at radius 3 is 2.19 bits per heavy atom. The predicted molar refractivity (Wildman–Crippen MR) is 142 cm³/mol. The Morgan fingerprint density at radius 2 is 1.57 bits per heavy atom. The van der Waals surface area contributed by atoms with Crippen molar-refractivity contribution in [2.45, 2.75) is 31.4 Å². The summed E-state index contributed by atoms with van der Waals surface area (Å²) in [5.41, 5.74) is 2.09. The third-order valence-corrected chi connectivity index (χ3v) is 8.46. The van der Waals surface area contributed by atoms with E-state index >= 15 is 0 Å². The lowest BCUT2D eigenvalue weighted by Crippen LogP contribution is -2.52. The molecule has 37 heavy (non-hydrogen) atoms. The van der Waals surface area contributed by atoms with E-state index in [0.29, 0.717) is 12.8 Å². The minimum Gasteiger partial charge on any atom is -0.497 e. The molecule has 1 unspecified atom stereocenters. The molecule has 9 heteroatoms. The molecule has 194 valence electrons. The van der Waals surface area contributed by atoms with Crippen molar-refractivity contribution < 1.29 is 27.8 Å². The van der Waals surface area contributed by atoms with Crippen molar-refractivity contribution in [1.29, 1.82) is 0 Å². The van der Waals surface area contributed by atoms with Crippen LogP contribution in [-0.4, -0.2) is 57.1 Å². The number of piperidine rings is 1. The van der Waals surface area contributed by atoms with Gasteiger partial charge in [0.2, 0.25) is 0 Å². The SMILES string of the molecule is COc1ccc2cc(C#Cc3ccc(C4(OC)CCN(S(=O)(=O)NC(C)C(=O)O)CC4)cc3)ccc2c1. The number of carbonyl (C=O) groups is 1. The average Bonchev–Trinajstić information content (AvgIpc) is 2.91. The van der Waals surface area contributed by atoms with Crippen molar-refractivity contribution in [2.24, 2.45) is 0 Å². The molecule has 3 aromatic rings. The van der Waals surface area contributed by atoms with E-state index in [9.17, 15) is 13.2 Å². The van der Waals surface area contributed by atoms with Crippen LogP contribution in [0, 0.1) is 11.8 Å². The Hall–Kier alpha value is -3.42. The Bertz CT molecular complexity index is 1450. The summed E-state index contributed by atoms with van der Waals surface area (Å²) in [6.07, 6.45) is 0.886. The van der Waals surface area contributed by atoms with Gasteiger partial charge in [-0.3, -0.25) is 4.79 Å². The highest BCUT2D eigenvalue weighted by Gasteiger charge is 2.40. The van der Waals surface area contributed by atoms with E-state index in [-0.39, 0.29) is 13.1 Å². The highest BCUT2D eigenvalue weighted by molar-refractivity contribution is 7.87. The van der Waals surface area contributed by atoms with Crippen molar-refractivity contribution in [3.8, 4) is 17.6 Å². The Kier molecular flexibility index (Phi) is 7.85. The molecule has 2 N–H and O–H groups in total. The number of benzene rings is 3. The molecule has 0 amide bonds. The average molecular weight is 523 g/mol. The summed E-state index contributed by atoms with van der Waals surface area (Å²) in [7, 11) is -0.631. The number of nitrogens with one attached hydrogen (secondary N) is 1. The molecule has 0 aromatic heterocycles. The molecule has 1 aliphatic heterocycles. The van der Waals surface area contributed by atoms with Crippen LogP contribution >= 0.6 is 0 Å². The number of ether oxygens (including phenoxy) is 2. The second kappa shape index (κ2) is 10.9. The minimum atomic E-state index is -3.90. The van der Waals surface area contributed by atoms with E-state index < -0.39 is 27.8 Å². The van der Waals surface area contributed by atoms with Gasteiger partial charge in [-0.15, -0.1) is 0 Å². The quantitative estimate of drug-likeness (QED) is 0.461. The van der Waals surface area contributed by atoms with E-state index in [2.05, 4.69) is 16.6 Å². The fraction of sp³-hybridized carbons (Fsp3) is 0.321. The maximum absolute atomic E-state index is 12.6. The molecule has 1 aliphatic rings. The molecule has 1 heterocycles. The molecule has 8 nitrogen and oxygen atoms in total. The number of hydrogen-bond donors (Lipinski definition) is 2. The summed E-state index contributed by atoms with van der Waals surface area (Å²) < 4.78 is 39.8. The number of rotatable bonds is 7. The first-order valence-electron chi connectivity index (χ1n) is 11.9. The molecular formula is C28H30N2O6S. The molecule has 4 rings (SSSR count). The van der Waals surface area contributed by atoms with Crippen LogP contribution in [0.4, 0.5) is 0 Å². The predicted octanol–water partition coefficient (Wildman–Crippen LogP) is 3.49. The van der Waals surface area contributed by atoms with Crippen LogP contribution in [0.3, 0.4) is 0 Å².